The minimum Gasteiger partial charge on any atom is -0.460 e. The van der Waals surface area contributed by atoms with Gasteiger partial charge in [-0.05, 0) is 49.6 Å². The van der Waals surface area contributed by atoms with Gasteiger partial charge >= 0.3 is 0 Å². The van der Waals surface area contributed by atoms with Crippen LogP contribution in [0.3, 0.4) is 0 Å². The monoisotopic (exact) mass is 315 g/mol. The minimum absolute atomic E-state index is 0.0167. The van der Waals surface area contributed by atoms with Crippen molar-refractivity contribution in [2.24, 2.45) is 0 Å². The summed E-state index contributed by atoms with van der Waals surface area (Å²) in [5.41, 5.74) is 2.11. The lowest BCUT2D eigenvalue weighted by atomic mass is 10.0. The van der Waals surface area contributed by atoms with E-state index in [9.17, 15) is 4.79 Å². The molecule has 2 N–H and O–H groups in total. The van der Waals surface area contributed by atoms with Gasteiger partial charge in [0.1, 0.15) is 12.3 Å². The maximum absolute atomic E-state index is 12.4. The van der Waals surface area contributed by atoms with Gasteiger partial charge < -0.3 is 14.6 Å². The number of carbonyl (C=O) groups is 1. The van der Waals surface area contributed by atoms with Crippen molar-refractivity contribution in [3.05, 3.63) is 53.5 Å². The van der Waals surface area contributed by atoms with E-state index in [4.69, 9.17) is 4.42 Å². The van der Waals surface area contributed by atoms with Gasteiger partial charge in [-0.2, -0.15) is 0 Å². The van der Waals surface area contributed by atoms with Crippen LogP contribution >= 0.6 is 0 Å². The fourth-order valence-corrected chi connectivity index (χ4v) is 2.43. The molecule has 0 aliphatic heterocycles. The predicted molar refractivity (Wildman–Crippen MR) is 92.7 cm³/mol. The Morgan fingerprint density at radius 2 is 1.78 bits per heavy atom. The molecule has 1 aromatic heterocycles. The molecule has 0 bridgehead atoms. The Morgan fingerprint density at radius 3 is 2.30 bits per heavy atom. The van der Waals surface area contributed by atoms with Crippen LogP contribution in [-0.2, 0) is 11.3 Å². The number of rotatable bonds is 6. The quantitative estimate of drug-likeness (QED) is 0.861. The van der Waals surface area contributed by atoms with Crippen LogP contribution in [0.15, 0.2) is 40.8 Å². The summed E-state index contributed by atoms with van der Waals surface area (Å²) >= 11 is 0. The smallest absolute Gasteiger partial charge is 0.282 e. The highest BCUT2D eigenvalue weighted by atomic mass is 16.3. The van der Waals surface area contributed by atoms with Crippen molar-refractivity contribution in [2.75, 3.05) is 12.4 Å². The Bertz CT molecular complexity index is 644. The Kier molecular flexibility index (Phi) is 5.61. The number of likely N-dealkylation sites (N-methyl/N-ethyl adjacent to an activating group) is 1. The van der Waals surface area contributed by atoms with E-state index in [1.807, 2.05) is 45.2 Å². The fourth-order valence-electron chi connectivity index (χ4n) is 2.43. The van der Waals surface area contributed by atoms with Crippen LogP contribution in [0, 0.1) is 6.92 Å². The summed E-state index contributed by atoms with van der Waals surface area (Å²) in [7, 11) is 2.00. The molecule has 2 aromatic rings. The van der Waals surface area contributed by atoms with Crippen LogP contribution in [0.1, 0.15) is 43.8 Å². The lowest BCUT2D eigenvalue weighted by molar-refractivity contribution is -0.908. The number of aryl methyl sites for hydroxylation is 1. The van der Waals surface area contributed by atoms with E-state index in [-0.39, 0.29) is 11.9 Å². The first-order valence-corrected chi connectivity index (χ1v) is 8.15. The standard InChI is InChI=1S/C19H26N2O2/c1-13(2)16-7-9-17(10-8-16)20-19(22)15(4)21(5)12-18-11-6-14(3)23-18/h6-11,13,15H,12H2,1-5H3,(H,20,22)/p+1/t15-/m0/s1. The van der Waals surface area contributed by atoms with Crippen molar-refractivity contribution in [2.45, 2.75) is 46.2 Å². The fraction of sp³-hybridized carbons (Fsp3) is 0.421. The molecule has 2 atom stereocenters. The van der Waals surface area contributed by atoms with E-state index in [0.29, 0.717) is 12.5 Å². The van der Waals surface area contributed by atoms with Gasteiger partial charge in [-0.25, -0.2) is 0 Å². The molecule has 1 unspecified atom stereocenters. The van der Waals surface area contributed by atoms with Gasteiger partial charge in [0, 0.05) is 5.69 Å². The number of benzene rings is 1. The second-order valence-corrected chi connectivity index (χ2v) is 6.52. The number of nitrogens with one attached hydrogen (secondary N) is 2. The van der Waals surface area contributed by atoms with Crippen LogP contribution in [0.2, 0.25) is 0 Å². The molecule has 2 rings (SSSR count). The van der Waals surface area contributed by atoms with Crippen LogP contribution in [0.25, 0.3) is 0 Å². The molecule has 0 radical (unpaired) electrons. The summed E-state index contributed by atoms with van der Waals surface area (Å²) in [6, 6.07) is 11.8. The number of anilines is 1. The van der Waals surface area contributed by atoms with Gasteiger partial charge in [0.25, 0.3) is 5.91 Å². The zero-order valence-corrected chi connectivity index (χ0v) is 14.6. The van der Waals surface area contributed by atoms with E-state index < -0.39 is 0 Å². The number of furan rings is 1. The lowest BCUT2D eigenvalue weighted by Crippen LogP contribution is -3.12. The molecule has 0 saturated heterocycles. The highest BCUT2D eigenvalue weighted by molar-refractivity contribution is 5.93. The molecule has 1 aromatic carbocycles. The first kappa shape index (κ1) is 17.3. The molecule has 0 saturated carbocycles. The Balaban J connectivity index is 1.93. The van der Waals surface area contributed by atoms with Crippen molar-refractivity contribution in [1.29, 1.82) is 0 Å². The Hall–Kier alpha value is -2.07. The first-order chi connectivity index (χ1) is 10.9. The minimum atomic E-state index is -0.162. The SMILES string of the molecule is Cc1ccc(C[NH+](C)[C@@H](C)C(=O)Nc2ccc(C(C)C)cc2)o1. The number of hydrogen-bond donors (Lipinski definition) is 2. The number of carbonyl (C=O) groups excluding carboxylic acids is 1. The Labute approximate surface area is 138 Å². The zero-order valence-electron chi connectivity index (χ0n) is 14.6. The summed E-state index contributed by atoms with van der Waals surface area (Å²) in [6.45, 7) is 8.86. The molecule has 4 heteroatoms. The molecular weight excluding hydrogens is 288 g/mol. The number of quaternary nitrogens is 1. The zero-order chi connectivity index (χ0) is 17.0. The molecule has 124 valence electrons. The van der Waals surface area contributed by atoms with E-state index in [2.05, 4.69) is 31.3 Å². The highest BCUT2D eigenvalue weighted by Crippen LogP contribution is 2.17. The molecule has 4 nitrogen and oxygen atoms in total. The average molecular weight is 315 g/mol. The molecule has 0 aliphatic carbocycles. The van der Waals surface area contributed by atoms with Gasteiger partial charge in [-0.15, -0.1) is 0 Å². The first-order valence-electron chi connectivity index (χ1n) is 8.15. The van der Waals surface area contributed by atoms with Crippen molar-refractivity contribution in [3.63, 3.8) is 0 Å². The van der Waals surface area contributed by atoms with Crippen molar-refractivity contribution in [3.8, 4) is 0 Å². The third kappa shape index (κ3) is 4.70. The number of hydrogen-bond acceptors (Lipinski definition) is 2. The summed E-state index contributed by atoms with van der Waals surface area (Å²) in [5.74, 6) is 2.31. The van der Waals surface area contributed by atoms with Crippen LogP contribution in [0.5, 0.6) is 0 Å². The van der Waals surface area contributed by atoms with Crippen molar-refractivity contribution >= 4 is 11.6 Å². The second kappa shape index (κ2) is 7.47. The molecule has 1 amide bonds. The maximum atomic E-state index is 12.4. The summed E-state index contributed by atoms with van der Waals surface area (Å²) in [5, 5.41) is 2.99. The molecule has 0 spiro atoms. The maximum Gasteiger partial charge on any atom is 0.282 e. The van der Waals surface area contributed by atoms with E-state index in [1.165, 1.54) is 5.56 Å². The third-order valence-corrected chi connectivity index (χ3v) is 4.23. The van der Waals surface area contributed by atoms with Crippen molar-refractivity contribution in [1.82, 2.24) is 0 Å². The molecule has 23 heavy (non-hydrogen) atoms. The summed E-state index contributed by atoms with van der Waals surface area (Å²) in [6.07, 6.45) is 0. The van der Waals surface area contributed by atoms with Gasteiger partial charge in [-0.3, -0.25) is 4.79 Å². The average Bonchev–Trinajstić information content (AvgIpc) is 2.92. The van der Waals surface area contributed by atoms with E-state index >= 15 is 0 Å². The van der Waals surface area contributed by atoms with Gasteiger partial charge in [0.2, 0.25) is 0 Å². The molecular formula is C19H27N2O2+. The molecule has 0 aliphatic rings. The van der Waals surface area contributed by atoms with Crippen LogP contribution in [0.4, 0.5) is 5.69 Å². The van der Waals surface area contributed by atoms with E-state index in [1.54, 1.807) is 0 Å². The highest BCUT2D eigenvalue weighted by Gasteiger charge is 2.23. The molecule has 1 heterocycles. The van der Waals surface area contributed by atoms with Gasteiger partial charge in [0.15, 0.2) is 11.8 Å². The van der Waals surface area contributed by atoms with Gasteiger partial charge in [0.05, 0.1) is 7.05 Å². The third-order valence-electron chi connectivity index (χ3n) is 4.23. The second-order valence-electron chi connectivity index (χ2n) is 6.52. The lowest BCUT2D eigenvalue weighted by Gasteiger charge is -2.20. The summed E-state index contributed by atoms with van der Waals surface area (Å²) in [4.78, 5) is 13.5. The van der Waals surface area contributed by atoms with Crippen LogP contribution in [-0.4, -0.2) is 19.0 Å². The largest absolute Gasteiger partial charge is 0.460 e. The normalized spacial score (nSPS) is 13.8. The van der Waals surface area contributed by atoms with Crippen molar-refractivity contribution < 1.29 is 14.1 Å². The Morgan fingerprint density at radius 1 is 1.13 bits per heavy atom. The predicted octanol–water partition coefficient (Wildman–Crippen LogP) is 2.75. The summed E-state index contributed by atoms with van der Waals surface area (Å²) < 4.78 is 5.59. The van der Waals surface area contributed by atoms with Crippen LogP contribution < -0.4 is 10.2 Å². The topological polar surface area (TPSA) is 46.7 Å². The number of amides is 1. The molecule has 0 fully saturated rings. The van der Waals surface area contributed by atoms with E-state index in [0.717, 1.165) is 22.1 Å². The van der Waals surface area contributed by atoms with Gasteiger partial charge in [-0.1, -0.05) is 26.0 Å².